The van der Waals surface area contributed by atoms with Gasteiger partial charge < -0.3 is 15.4 Å². The molecule has 0 bridgehead atoms. The van der Waals surface area contributed by atoms with Gasteiger partial charge in [0.15, 0.2) is 4.34 Å². The summed E-state index contributed by atoms with van der Waals surface area (Å²) in [6.45, 7) is 6.63. The van der Waals surface area contributed by atoms with Crippen molar-refractivity contribution in [1.82, 2.24) is 15.5 Å². The Labute approximate surface area is 185 Å². The van der Waals surface area contributed by atoms with Crippen LogP contribution in [0.25, 0.3) is 0 Å². The first kappa shape index (κ1) is 22.1. The molecular formula is C22H26N4O2S2. The van der Waals surface area contributed by atoms with Crippen LogP contribution in [-0.2, 0) is 11.2 Å². The third-order valence-electron chi connectivity index (χ3n) is 4.77. The van der Waals surface area contributed by atoms with Crippen molar-refractivity contribution in [2.45, 2.75) is 36.8 Å². The van der Waals surface area contributed by atoms with Gasteiger partial charge in [0, 0.05) is 12.2 Å². The van der Waals surface area contributed by atoms with Crippen molar-refractivity contribution >= 4 is 39.8 Å². The topological polar surface area (TPSA) is 76.1 Å². The summed E-state index contributed by atoms with van der Waals surface area (Å²) in [6, 6.07) is 14.0. The molecule has 0 saturated heterocycles. The van der Waals surface area contributed by atoms with Crippen LogP contribution in [0.4, 0.5) is 10.8 Å². The summed E-state index contributed by atoms with van der Waals surface area (Å²) in [5.41, 5.74) is 4.58. The Morgan fingerprint density at radius 3 is 2.67 bits per heavy atom. The largest absolute Gasteiger partial charge is 0.497 e. The number of amides is 1. The number of hydrogen-bond acceptors (Lipinski definition) is 7. The normalized spacial score (nSPS) is 11.7. The third kappa shape index (κ3) is 5.96. The average molecular weight is 443 g/mol. The van der Waals surface area contributed by atoms with Crippen molar-refractivity contribution in [3.8, 4) is 5.75 Å². The fourth-order valence-electron chi connectivity index (χ4n) is 2.78. The number of benzene rings is 2. The zero-order valence-corrected chi connectivity index (χ0v) is 19.2. The summed E-state index contributed by atoms with van der Waals surface area (Å²) in [7, 11) is 1.65. The Balaban J connectivity index is 1.47. The molecule has 30 heavy (non-hydrogen) atoms. The minimum atomic E-state index is -0.248. The van der Waals surface area contributed by atoms with Crippen molar-refractivity contribution in [2.75, 3.05) is 19.0 Å². The summed E-state index contributed by atoms with van der Waals surface area (Å²) in [6.07, 6.45) is 0.774. The standard InChI is InChI=1S/C22H26N4O2S2/c1-14-6-5-7-19(15(14)2)24-21-25-26-22(30-21)29-16(3)20(27)23-13-12-17-8-10-18(28-4)11-9-17/h5-11,16H,12-13H2,1-4H3,(H,23,27)(H,24,25). The summed E-state index contributed by atoms with van der Waals surface area (Å²) < 4.78 is 5.92. The van der Waals surface area contributed by atoms with E-state index in [4.69, 9.17) is 4.74 Å². The quantitative estimate of drug-likeness (QED) is 0.466. The second kappa shape index (κ2) is 10.4. The van der Waals surface area contributed by atoms with Crippen LogP contribution in [0.2, 0.25) is 0 Å². The van der Waals surface area contributed by atoms with Crippen molar-refractivity contribution < 1.29 is 9.53 Å². The molecule has 0 fully saturated rings. The van der Waals surface area contributed by atoms with Crippen molar-refractivity contribution in [1.29, 1.82) is 0 Å². The van der Waals surface area contributed by atoms with Gasteiger partial charge in [-0.3, -0.25) is 4.79 Å². The first-order valence-electron chi connectivity index (χ1n) is 9.70. The van der Waals surface area contributed by atoms with Crippen LogP contribution in [0.3, 0.4) is 0 Å². The second-order valence-corrected chi connectivity index (χ2v) is 9.46. The van der Waals surface area contributed by atoms with Gasteiger partial charge in [-0.25, -0.2) is 0 Å². The van der Waals surface area contributed by atoms with E-state index in [1.807, 2.05) is 43.3 Å². The maximum Gasteiger partial charge on any atom is 0.233 e. The van der Waals surface area contributed by atoms with E-state index in [1.54, 1.807) is 7.11 Å². The van der Waals surface area contributed by atoms with Crippen molar-refractivity contribution in [3.63, 3.8) is 0 Å². The molecule has 1 atom stereocenters. The molecule has 8 heteroatoms. The van der Waals surface area contributed by atoms with Gasteiger partial charge in [-0.1, -0.05) is 47.4 Å². The SMILES string of the molecule is COc1ccc(CCNC(=O)C(C)Sc2nnc(Nc3cccc(C)c3C)s2)cc1. The monoisotopic (exact) mass is 442 g/mol. The van der Waals surface area contributed by atoms with Gasteiger partial charge in [-0.2, -0.15) is 0 Å². The number of rotatable bonds is 9. The maximum atomic E-state index is 12.4. The fraction of sp³-hybridized carbons (Fsp3) is 0.318. The lowest BCUT2D eigenvalue weighted by atomic mass is 10.1. The molecule has 2 aromatic carbocycles. The minimum absolute atomic E-state index is 0.00671. The van der Waals surface area contributed by atoms with E-state index in [0.717, 1.165) is 32.9 Å². The molecule has 1 aromatic heterocycles. The molecular weight excluding hydrogens is 416 g/mol. The maximum absolute atomic E-state index is 12.4. The number of carbonyl (C=O) groups excluding carboxylic acids is 1. The lowest BCUT2D eigenvalue weighted by Gasteiger charge is -2.10. The van der Waals surface area contributed by atoms with Gasteiger partial charge in [0.2, 0.25) is 11.0 Å². The first-order valence-corrected chi connectivity index (χ1v) is 11.4. The lowest BCUT2D eigenvalue weighted by molar-refractivity contribution is -0.120. The fourth-order valence-corrected chi connectivity index (χ4v) is 4.71. The molecule has 158 valence electrons. The number of ether oxygens (including phenoxy) is 1. The van der Waals surface area contributed by atoms with Gasteiger partial charge in [0.05, 0.1) is 12.4 Å². The van der Waals surface area contributed by atoms with E-state index in [-0.39, 0.29) is 11.2 Å². The molecule has 0 saturated carbocycles. The van der Waals surface area contributed by atoms with Gasteiger partial charge in [-0.05, 0) is 62.1 Å². The number of thioether (sulfide) groups is 1. The van der Waals surface area contributed by atoms with Gasteiger partial charge in [-0.15, -0.1) is 10.2 Å². The van der Waals surface area contributed by atoms with Gasteiger partial charge in [0.25, 0.3) is 0 Å². The Morgan fingerprint density at radius 2 is 1.93 bits per heavy atom. The molecule has 1 heterocycles. The number of carbonyl (C=O) groups is 1. The summed E-state index contributed by atoms with van der Waals surface area (Å²) >= 11 is 2.87. The Hall–Kier alpha value is -2.58. The number of aromatic nitrogens is 2. The molecule has 3 rings (SSSR count). The van der Waals surface area contributed by atoms with Crippen molar-refractivity contribution in [3.05, 3.63) is 59.2 Å². The Bertz CT molecular complexity index is 989. The minimum Gasteiger partial charge on any atom is -0.497 e. The highest BCUT2D eigenvalue weighted by Gasteiger charge is 2.17. The average Bonchev–Trinajstić information content (AvgIpc) is 3.18. The van der Waals surface area contributed by atoms with E-state index < -0.39 is 0 Å². The highest BCUT2D eigenvalue weighted by molar-refractivity contribution is 8.02. The number of nitrogens with zero attached hydrogens (tertiary/aromatic N) is 2. The summed E-state index contributed by atoms with van der Waals surface area (Å²) in [5.74, 6) is 0.823. The molecule has 0 spiro atoms. The molecule has 1 unspecified atom stereocenters. The zero-order chi connectivity index (χ0) is 21.5. The number of methoxy groups -OCH3 is 1. The summed E-state index contributed by atoms with van der Waals surface area (Å²) in [5, 5.41) is 15.2. The van der Waals surface area contributed by atoms with Gasteiger partial charge >= 0.3 is 0 Å². The molecule has 0 aliphatic carbocycles. The van der Waals surface area contributed by atoms with Crippen LogP contribution in [0.1, 0.15) is 23.6 Å². The van der Waals surface area contributed by atoms with Crippen LogP contribution >= 0.6 is 23.1 Å². The molecule has 3 aromatic rings. The molecule has 0 radical (unpaired) electrons. The molecule has 0 aliphatic rings. The highest BCUT2D eigenvalue weighted by Crippen LogP contribution is 2.31. The third-order valence-corrected chi connectivity index (χ3v) is 6.79. The van der Waals surface area contributed by atoms with Crippen LogP contribution in [0.5, 0.6) is 5.75 Å². The molecule has 2 N–H and O–H groups in total. The van der Waals surface area contributed by atoms with Crippen LogP contribution in [0, 0.1) is 13.8 Å². The predicted octanol–water partition coefficient (Wildman–Crippen LogP) is 4.75. The number of aryl methyl sites for hydroxylation is 1. The van der Waals surface area contributed by atoms with Gasteiger partial charge in [0.1, 0.15) is 5.75 Å². The number of anilines is 2. The van der Waals surface area contributed by atoms with E-state index in [0.29, 0.717) is 6.54 Å². The van der Waals surface area contributed by atoms with E-state index in [2.05, 4.69) is 40.7 Å². The first-order chi connectivity index (χ1) is 14.5. The van der Waals surface area contributed by atoms with E-state index >= 15 is 0 Å². The molecule has 0 aliphatic heterocycles. The molecule has 6 nitrogen and oxygen atoms in total. The van der Waals surface area contributed by atoms with E-state index in [9.17, 15) is 4.79 Å². The summed E-state index contributed by atoms with van der Waals surface area (Å²) in [4.78, 5) is 12.4. The smallest absolute Gasteiger partial charge is 0.233 e. The highest BCUT2D eigenvalue weighted by atomic mass is 32.2. The lowest BCUT2D eigenvalue weighted by Crippen LogP contribution is -2.32. The zero-order valence-electron chi connectivity index (χ0n) is 17.6. The predicted molar refractivity (Wildman–Crippen MR) is 124 cm³/mol. The number of nitrogens with one attached hydrogen (secondary N) is 2. The Kier molecular flexibility index (Phi) is 7.70. The van der Waals surface area contributed by atoms with E-state index in [1.165, 1.54) is 34.2 Å². The Morgan fingerprint density at radius 1 is 1.17 bits per heavy atom. The molecule has 1 amide bonds. The van der Waals surface area contributed by atoms with Crippen LogP contribution in [0.15, 0.2) is 46.8 Å². The number of hydrogen-bond donors (Lipinski definition) is 2. The van der Waals surface area contributed by atoms with Crippen LogP contribution in [-0.4, -0.2) is 35.0 Å². The second-order valence-electron chi connectivity index (χ2n) is 6.89. The van der Waals surface area contributed by atoms with Crippen molar-refractivity contribution in [2.24, 2.45) is 0 Å². The van der Waals surface area contributed by atoms with Crippen LogP contribution < -0.4 is 15.4 Å².